The summed E-state index contributed by atoms with van der Waals surface area (Å²) < 4.78 is 6.22. The highest BCUT2D eigenvalue weighted by Gasteiger charge is 2.67. The molecule has 4 nitrogen and oxygen atoms in total. The highest BCUT2D eigenvalue weighted by molar-refractivity contribution is 5.62. The van der Waals surface area contributed by atoms with Crippen LogP contribution in [0.3, 0.4) is 0 Å². The van der Waals surface area contributed by atoms with E-state index in [-0.39, 0.29) is 17.3 Å². The van der Waals surface area contributed by atoms with Gasteiger partial charge in [0.1, 0.15) is 12.2 Å². The summed E-state index contributed by atoms with van der Waals surface area (Å²) in [7, 11) is 2.22. The molecule has 2 aliphatic carbocycles. The van der Waals surface area contributed by atoms with Crippen molar-refractivity contribution in [3.8, 4) is 11.5 Å². The number of likely N-dealkylation sites (tertiary alicyclic amines) is 1. The maximum Gasteiger partial charge on any atom is 0.165 e. The molecule has 2 bridgehead atoms. The monoisotopic (exact) mass is 313 g/mol. The molecule has 0 saturated carbocycles. The first kappa shape index (κ1) is 13.9. The van der Waals surface area contributed by atoms with E-state index in [1.54, 1.807) is 6.07 Å². The molecule has 1 fully saturated rings. The summed E-state index contributed by atoms with van der Waals surface area (Å²) in [5.74, 6) is 1.60. The molecule has 4 aliphatic rings. The van der Waals surface area contributed by atoms with Gasteiger partial charge in [0, 0.05) is 24.1 Å². The summed E-state index contributed by atoms with van der Waals surface area (Å²) in [6, 6.07) is 4.25. The van der Waals surface area contributed by atoms with E-state index >= 15 is 0 Å². The summed E-state index contributed by atoms with van der Waals surface area (Å²) in [6.45, 7) is 3.25. The van der Waals surface area contributed by atoms with Gasteiger partial charge in [-0.2, -0.15) is 0 Å². The smallest absolute Gasteiger partial charge is 0.165 e. The van der Waals surface area contributed by atoms with Gasteiger partial charge in [-0.05, 0) is 31.0 Å². The minimum atomic E-state index is -0.609. The van der Waals surface area contributed by atoms with Crippen LogP contribution in [-0.2, 0) is 11.8 Å². The maximum absolute atomic E-state index is 10.7. The fourth-order valence-corrected chi connectivity index (χ4v) is 5.98. The Balaban J connectivity index is 1.86. The predicted molar refractivity (Wildman–Crippen MR) is 86.7 cm³/mol. The van der Waals surface area contributed by atoms with E-state index in [4.69, 9.17) is 4.74 Å². The minimum absolute atomic E-state index is 0.193. The largest absolute Gasteiger partial charge is 0.504 e. The first-order chi connectivity index (χ1) is 11.1. The van der Waals surface area contributed by atoms with Gasteiger partial charge in [-0.1, -0.05) is 31.6 Å². The van der Waals surface area contributed by atoms with Gasteiger partial charge in [0.2, 0.25) is 0 Å². The number of aliphatic hydroxyl groups is 1. The molecular formula is C19H23NO3. The lowest BCUT2D eigenvalue weighted by Crippen LogP contribution is -2.68. The van der Waals surface area contributed by atoms with Crippen molar-refractivity contribution in [3.05, 3.63) is 35.4 Å². The van der Waals surface area contributed by atoms with Crippen LogP contribution in [0.1, 0.15) is 24.5 Å². The van der Waals surface area contributed by atoms with Gasteiger partial charge in [-0.15, -0.1) is 0 Å². The molecule has 1 saturated heterocycles. The quantitative estimate of drug-likeness (QED) is 0.777. The number of hydrogen-bond donors (Lipinski definition) is 2. The zero-order chi connectivity index (χ0) is 15.9. The second kappa shape index (κ2) is 4.31. The van der Waals surface area contributed by atoms with Crippen molar-refractivity contribution in [1.29, 1.82) is 0 Å². The number of phenols is 1. The van der Waals surface area contributed by atoms with Crippen molar-refractivity contribution in [2.45, 2.75) is 43.4 Å². The summed E-state index contributed by atoms with van der Waals surface area (Å²) in [4.78, 5) is 2.48. The molecule has 23 heavy (non-hydrogen) atoms. The number of nitrogens with zero attached hydrogens (tertiary/aromatic N) is 1. The Morgan fingerprint density at radius 2 is 2.17 bits per heavy atom. The maximum atomic E-state index is 10.7. The van der Waals surface area contributed by atoms with Crippen LogP contribution >= 0.6 is 0 Å². The third kappa shape index (κ3) is 1.41. The molecular weight excluding hydrogens is 290 g/mol. The predicted octanol–water partition coefficient (Wildman–Crippen LogP) is 1.83. The fraction of sp³-hybridized carbons (Fsp3) is 0.579. The Labute approximate surface area is 136 Å². The Bertz CT molecular complexity index is 715. The van der Waals surface area contributed by atoms with Gasteiger partial charge >= 0.3 is 0 Å². The summed E-state index contributed by atoms with van der Waals surface area (Å²) in [5, 5.41) is 21.0. The number of phenolic OH excluding ortho intramolecular Hbond substituents is 1. The van der Waals surface area contributed by atoms with Crippen LogP contribution in [0.5, 0.6) is 11.5 Å². The van der Waals surface area contributed by atoms with Crippen molar-refractivity contribution >= 4 is 0 Å². The number of benzene rings is 1. The van der Waals surface area contributed by atoms with E-state index in [1.807, 2.05) is 6.08 Å². The van der Waals surface area contributed by atoms with E-state index < -0.39 is 6.10 Å². The molecule has 4 heteroatoms. The topological polar surface area (TPSA) is 52.9 Å². The van der Waals surface area contributed by atoms with Crippen LogP contribution < -0.4 is 4.74 Å². The molecule has 6 atom stereocenters. The minimum Gasteiger partial charge on any atom is -0.504 e. The third-order valence-electron chi connectivity index (χ3n) is 6.84. The summed E-state index contributed by atoms with van der Waals surface area (Å²) >= 11 is 0. The van der Waals surface area contributed by atoms with E-state index in [0.717, 1.165) is 19.4 Å². The van der Waals surface area contributed by atoms with Crippen molar-refractivity contribution in [1.82, 2.24) is 4.90 Å². The van der Waals surface area contributed by atoms with Crippen molar-refractivity contribution in [2.75, 3.05) is 13.6 Å². The zero-order valence-corrected chi connectivity index (χ0v) is 13.6. The molecule has 0 amide bonds. The van der Waals surface area contributed by atoms with E-state index in [0.29, 0.717) is 23.6 Å². The molecule has 122 valence electrons. The van der Waals surface area contributed by atoms with Gasteiger partial charge in [0.05, 0.1) is 5.41 Å². The van der Waals surface area contributed by atoms with Crippen molar-refractivity contribution < 1.29 is 14.9 Å². The molecule has 1 spiro atoms. The average Bonchev–Trinajstić information content (AvgIpc) is 2.91. The standard InChI is InChI=1S/C19H23NO3/c1-3-11-9-20(2)13-8-10-4-6-14(21)17-16(10)19(11)12(13)5-7-15(22)18(19)23-17/h4-7,11-13,15,18,21-22H,3,8-9H2,1-2H3/t11?,12-,13+,15-,18-,19-/m0/s1. The van der Waals surface area contributed by atoms with Crippen LogP contribution in [0, 0.1) is 11.8 Å². The van der Waals surface area contributed by atoms with Gasteiger partial charge in [0.25, 0.3) is 0 Å². The number of likely N-dealkylation sites (N-methyl/N-ethyl adjacent to an activating group) is 1. The van der Waals surface area contributed by atoms with E-state index in [1.165, 1.54) is 11.1 Å². The fourth-order valence-electron chi connectivity index (χ4n) is 5.98. The van der Waals surface area contributed by atoms with Crippen molar-refractivity contribution in [3.63, 3.8) is 0 Å². The van der Waals surface area contributed by atoms with Crippen LogP contribution in [-0.4, -0.2) is 47.0 Å². The van der Waals surface area contributed by atoms with Crippen LogP contribution in [0.2, 0.25) is 0 Å². The molecule has 0 radical (unpaired) electrons. The normalized spacial score (nSPS) is 43.2. The molecule has 1 unspecified atom stereocenters. The number of ether oxygens (including phenoxy) is 1. The first-order valence-electron chi connectivity index (χ1n) is 8.67. The highest BCUT2D eigenvalue weighted by Crippen LogP contribution is 2.64. The molecule has 1 aromatic rings. The Morgan fingerprint density at radius 3 is 2.96 bits per heavy atom. The Kier molecular flexibility index (Phi) is 2.60. The lowest BCUT2D eigenvalue weighted by molar-refractivity contribution is -0.0796. The molecule has 2 N–H and O–H groups in total. The first-order valence-corrected chi connectivity index (χ1v) is 8.67. The zero-order valence-electron chi connectivity index (χ0n) is 13.6. The highest BCUT2D eigenvalue weighted by atomic mass is 16.5. The van der Waals surface area contributed by atoms with Crippen LogP contribution in [0.15, 0.2) is 24.3 Å². The van der Waals surface area contributed by atoms with Gasteiger partial charge < -0.3 is 19.8 Å². The third-order valence-corrected chi connectivity index (χ3v) is 6.84. The molecule has 2 aliphatic heterocycles. The van der Waals surface area contributed by atoms with E-state index in [2.05, 4.69) is 31.0 Å². The lowest BCUT2D eigenvalue weighted by Gasteiger charge is -2.60. The van der Waals surface area contributed by atoms with Crippen LogP contribution in [0.25, 0.3) is 0 Å². The SMILES string of the molecule is CCC1CN(C)[C@@H]2Cc3ccc(O)c4c3[C@@]13[C@H]2C=C[C@H](O)[C@@H]3O4. The second-order valence-corrected chi connectivity index (χ2v) is 7.64. The van der Waals surface area contributed by atoms with Gasteiger partial charge in [0.15, 0.2) is 11.5 Å². The molecule has 0 aromatic heterocycles. The Morgan fingerprint density at radius 1 is 1.35 bits per heavy atom. The Hall–Kier alpha value is -1.52. The number of piperidine rings is 1. The summed E-state index contributed by atoms with van der Waals surface area (Å²) in [5.41, 5.74) is 2.28. The average molecular weight is 313 g/mol. The van der Waals surface area contributed by atoms with Crippen LogP contribution in [0.4, 0.5) is 0 Å². The van der Waals surface area contributed by atoms with Gasteiger partial charge in [-0.25, -0.2) is 0 Å². The second-order valence-electron chi connectivity index (χ2n) is 7.64. The van der Waals surface area contributed by atoms with Crippen molar-refractivity contribution in [2.24, 2.45) is 11.8 Å². The number of hydrogen-bond acceptors (Lipinski definition) is 4. The summed E-state index contributed by atoms with van der Waals surface area (Å²) in [6.07, 6.45) is 5.26. The lowest BCUT2D eigenvalue weighted by atomic mass is 9.49. The molecule has 5 rings (SSSR count). The number of rotatable bonds is 1. The van der Waals surface area contributed by atoms with E-state index in [9.17, 15) is 10.2 Å². The van der Waals surface area contributed by atoms with Gasteiger partial charge in [-0.3, -0.25) is 0 Å². The molecule has 2 heterocycles. The number of aromatic hydroxyl groups is 1. The number of aliphatic hydroxyl groups excluding tert-OH is 1. The molecule has 1 aromatic carbocycles.